The zero-order valence-corrected chi connectivity index (χ0v) is 23.3. The molecular weight excluding hydrogens is 486 g/mol. The molecule has 7 nitrogen and oxygen atoms in total. The van der Waals surface area contributed by atoms with Crippen LogP contribution >= 0.6 is 0 Å². The molecule has 0 radical (unpaired) electrons. The lowest BCUT2D eigenvalue weighted by molar-refractivity contribution is -0.138. The van der Waals surface area contributed by atoms with Crippen molar-refractivity contribution in [1.29, 1.82) is 5.26 Å². The van der Waals surface area contributed by atoms with Gasteiger partial charge in [0, 0.05) is 66.2 Å². The second-order valence-corrected chi connectivity index (χ2v) is 9.84. The van der Waals surface area contributed by atoms with E-state index in [1.54, 1.807) is 37.7 Å². The molecule has 1 aliphatic heterocycles. The summed E-state index contributed by atoms with van der Waals surface area (Å²) in [5.41, 5.74) is 5.77. The van der Waals surface area contributed by atoms with Crippen LogP contribution in [0.1, 0.15) is 45.2 Å². The summed E-state index contributed by atoms with van der Waals surface area (Å²) in [5.74, 6) is 0.905. The monoisotopic (exact) mass is 521 g/mol. The molecule has 0 bridgehead atoms. The molecule has 3 aromatic rings. The topological polar surface area (TPSA) is 82.4 Å². The molecule has 0 spiro atoms. The van der Waals surface area contributed by atoms with Crippen LogP contribution in [-0.2, 0) is 4.79 Å². The highest BCUT2D eigenvalue weighted by Crippen LogP contribution is 2.36. The number of rotatable bonds is 7. The van der Waals surface area contributed by atoms with Crippen molar-refractivity contribution < 1.29 is 9.53 Å². The van der Waals surface area contributed by atoms with Gasteiger partial charge in [0.15, 0.2) is 0 Å². The number of hydrogen-bond donors (Lipinski definition) is 0. The molecule has 3 heterocycles. The number of carbonyl (C=O) groups excluding carboxylic acids is 1. The molecule has 7 heteroatoms. The summed E-state index contributed by atoms with van der Waals surface area (Å²) in [5, 5.41) is 9.98. The van der Waals surface area contributed by atoms with Crippen LogP contribution in [-0.4, -0.2) is 58.0 Å². The number of carbonyl (C=O) groups is 1. The largest absolute Gasteiger partial charge is 0.495 e. The van der Waals surface area contributed by atoms with Crippen molar-refractivity contribution in [2.45, 2.75) is 46.2 Å². The number of benzene rings is 1. The van der Waals surface area contributed by atoms with E-state index in [1.807, 2.05) is 36.1 Å². The molecule has 2 atom stereocenters. The van der Waals surface area contributed by atoms with E-state index in [-0.39, 0.29) is 18.0 Å². The number of aromatic nitrogens is 2. The van der Waals surface area contributed by atoms with Crippen molar-refractivity contribution in [2.75, 3.05) is 20.2 Å². The second kappa shape index (κ2) is 12.0. The van der Waals surface area contributed by atoms with E-state index in [1.165, 1.54) is 0 Å². The predicted octanol–water partition coefficient (Wildman–Crippen LogP) is 5.98. The van der Waals surface area contributed by atoms with Gasteiger partial charge < -0.3 is 14.5 Å². The number of fused-ring (bicyclic) bond motifs is 1. The van der Waals surface area contributed by atoms with E-state index < -0.39 is 0 Å². The fourth-order valence-electron chi connectivity index (χ4n) is 5.31. The normalized spacial score (nSPS) is 18.2. The first kappa shape index (κ1) is 27.6. The lowest BCUT2D eigenvalue weighted by atomic mass is 10.0. The van der Waals surface area contributed by atoms with Crippen LogP contribution in [0.15, 0.2) is 73.2 Å². The van der Waals surface area contributed by atoms with Crippen molar-refractivity contribution in [3.63, 3.8) is 0 Å². The average Bonchev–Trinajstić information content (AvgIpc) is 2.96. The maximum Gasteiger partial charge on any atom is 0.222 e. The molecule has 4 rings (SSSR count). The Kier molecular flexibility index (Phi) is 8.46. The Morgan fingerprint density at radius 1 is 1.15 bits per heavy atom. The highest BCUT2D eigenvalue weighted by atomic mass is 16.5. The first-order valence-electron chi connectivity index (χ1n) is 13.2. The maximum absolute atomic E-state index is 12.4. The lowest BCUT2D eigenvalue weighted by Crippen LogP contribution is -2.57. The third kappa shape index (κ3) is 5.56. The molecule has 200 valence electrons. The zero-order chi connectivity index (χ0) is 28.1. The van der Waals surface area contributed by atoms with Crippen LogP contribution in [0.2, 0.25) is 0 Å². The molecular formula is C32H35N5O2. The average molecular weight is 522 g/mol. The highest BCUT2D eigenvalue weighted by molar-refractivity contribution is 5.98. The van der Waals surface area contributed by atoms with Gasteiger partial charge in [0.2, 0.25) is 5.91 Å². The summed E-state index contributed by atoms with van der Waals surface area (Å²) >= 11 is 0. The van der Waals surface area contributed by atoms with Crippen LogP contribution in [0.5, 0.6) is 5.75 Å². The van der Waals surface area contributed by atoms with Gasteiger partial charge in [0.25, 0.3) is 0 Å². The molecule has 39 heavy (non-hydrogen) atoms. The number of pyridine rings is 2. The number of ether oxygens (including phenoxy) is 1. The SMILES string of the molecule is C=C/C(=C\C=C(/C)N1CC(C)N(C(=O)CC)C(C)C1)c1cnc2c(-c3ccc(C#N)cc3)nccc2c1OC. The van der Waals surface area contributed by atoms with Crippen LogP contribution in [0.25, 0.3) is 27.7 Å². The van der Waals surface area contributed by atoms with Crippen molar-refractivity contribution in [1.82, 2.24) is 19.8 Å². The van der Waals surface area contributed by atoms with Crippen LogP contribution < -0.4 is 4.74 Å². The van der Waals surface area contributed by atoms with Gasteiger partial charge in [-0.1, -0.05) is 37.8 Å². The van der Waals surface area contributed by atoms with Crippen molar-refractivity contribution in [3.05, 3.63) is 84.4 Å². The van der Waals surface area contributed by atoms with Crippen LogP contribution in [0.4, 0.5) is 0 Å². The van der Waals surface area contributed by atoms with Gasteiger partial charge in [-0.3, -0.25) is 14.8 Å². The van der Waals surface area contributed by atoms with Gasteiger partial charge >= 0.3 is 0 Å². The molecule has 2 aromatic heterocycles. The minimum absolute atomic E-state index is 0.149. The minimum Gasteiger partial charge on any atom is -0.495 e. The van der Waals surface area contributed by atoms with Gasteiger partial charge in [0.05, 0.1) is 24.4 Å². The Bertz CT molecular complexity index is 1470. The maximum atomic E-state index is 12.4. The molecule has 0 saturated carbocycles. The number of hydrogen-bond acceptors (Lipinski definition) is 6. The molecule has 2 unspecified atom stereocenters. The molecule has 1 aliphatic rings. The number of allylic oxidation sites excluding steroid dienone is 5. The summed E-state index contributed by atoms with van der Waals surface area (Å²) in [4.78, 5) is 26.1. The van der Waals surface area contributed by atoms with Gasteiger partial charge in [-0.2, -0.15) is 5.26 Å². The Morgan fingerprint density at radius 3 is 2.44 bits per heavy atom. The lowest BCUT2D eigenvalue weighted by Gasteiger charge is -2.45. The van der Waals surface area contributed by atoms with Crippen LogP contribution in [0.3, 0.4) is 0 Å². The van der Waals surface area contributed by atoms with Gasteiger partial charge in [0.1, 0.15) is 11.3 Å². The minimum atomic E-state index is 0.149. The zero-order valence-electron chi connectivity index (χ0n) is 23.3. The fraction of sp³-hybridized carbons (Fsp3) is 0.312. The second-order valence-electron chi connectivity index (χ2n) is 9.84. The van der Waals surface area contributed by atoms with Crippen LogP contribution in [0, 0.1) is 11.3 Å². The Balaban J connectivity index is 1.67. The van der Waals surface area contributed by atoms with Gasteiger partial charge in [-0.05, 0) is 50.6 Å². The Labute approximate surface area is 230 Å². The smallest absolute Gasteiger partial charge is 0.222 e. The molecule has 1 aromatic carbocycles. The summed E-state index contributed by atoms with van der Waals surface area (Å²) in [7, 11) is 1.65. The van der Waals surface area contributed by atoms with Crippen molar-refractivity contribution in [3.8, 4) is 23.1 Å². The highest BCUT2D eigenvalue weighted by Gasteiger charge is 2.31. The summed E-state index contributed by atoms with van der Waals surface area (Å²) in [6.45, 7) is 13.9. The van der Waals surface area contributed by atoms with E-state index in [0.29, 0.717) is 17.7 Å². The number of amides is 1. The molecule has 1 saturated heterocycles. The third-order valence-electron chi connectivity index (χ3n) is 7.27. The number of nitrogens with zero attached hydrogens (tertiary/aromatic N) is 5. The quantitative estimate of drug-likeness (QED) is 0.356. The first-order valence-corrected chi connectivity index (χ1v) is 13.2. The molecule has 0 aliphatic carbocycles. The van der Waals surface area contributed by atoms with Crippen molar-refractivity contribution >= 4 is 22.4 Å². The van der Waals surface area contributed by atoms with E-state index in [2.05, 4.69) is 49.4 Å². The molecule has 1 fully saturated rings. The summed E-state index contributed by atoms with van der Waals surface area (Å²) in [6, 6.07) is 11.7. The van der Waals surface area contributed by atoms with E-state index in [0.717, 1.165) is 52.1 Å². The molecule has 0 N–H and O–H groups in total. The summed E-state index contributed by atoms with van der Waals surface area (Å²) < 4.78 is 5.90. The fourth-order valence-corrected chi connectivity index (χ4v) is 5.31. The number of nitriles is 1. The molecule has 1 amide bonds. The third-order valence-corrected chi connectivity index (χ3v) is 7.27. The van der Waals surface area contributed by atoms with Crippen molar-refractivity contribution in [2.24, 2.45) is 0 Å². The van der Waals surface area contributed by atoms with E-state index in [9.17, 15) is 4.79 Å². The van der Waals surface area contributed by atoms with Gasteiger partial charge in [-0.15, -0.1) is 0 Å². The van der Waals surface area contributed by atoms with E-state index >= 15 is 0 Å². The Morgan fingerprint density at radius 2 is 1.85 bits per heavy atom. The Hall–Kier alpha value is -4.44. The first-order chi connectivity index (χ1) is 18.8. The van der Waals surface area contributed by atoms with Gasteiger partial charge in [-0.25, -0.2) is 0 Å². The number of piperazine rings is 1. The predicted molar refractivity (Wildman–Crippen MR) is 156 cm³/mol. The standard InChI is InChI=1S/C32H35N5O2/c1-7-25(12-9-21(3)36-19-22(4)37(23(5)20-36)29(38)8-2)28-18-35-31-27(32(28)39-6)15-16-34-30(31)26-13-10-24(17-33)11-14-26/h7,9-16,18,22-23H,1,8,19-20H2,2-6H3/b21-9+,25-12+. The van der Waals surface area contributed by atoms with E-state index in [4.69, 9.17) is 15.0 Å². The summed E-state index contributed by atoms with van der Waals surface area (Å²) in [6.07, 6.45) is 10.0. The number of methoxy groups -OCH3 is 1.